The van der Waals surface area contributed by atoms with Crippen LogP contribution in [-0.2, 0) is 9.84 Å². The van der Waals surface area contributed by atoms with Gasteiger partial charge in [0.2, 0.25) is 0 Å². The van der Waals surface area contributed by atoms with Crippen molar-refractivity contribution >= 4 is 21.6 Å². The Balaban J connectivity index is 2.32. The van der Waals surface area contributed by atoms with E-state index in [1.165, 1.54) is 18.6 Å². The zero-order chi connectivity index (χ0) is 12.2. The topological polar surface area (TPSA) is 46.2 Å². The molecule has 0 radical (unpaired) electrons. The molecule has 1 aliphatic rings. The van der Waals surface area contributed by atoms with Crippen LogP contribution in [0.2, 0.25) is 0 Å². The summed E-state index contributed by atoms with van der Waals surface area (Å²) in [5, 5.41) is 3.36. The Hall–Kier alpha value is 0.260. The smallest absolute Gasteiger partial charge is 0.151 e. The van der Waals surface area contributed by atoms with E-state index in [0.29, 0.717) is 4.75 Å². The van der Waals surface area contributed by atoms with E-state index in [1.54, 1.807) is 6.92 Å². The van der Waals surface area contributed by atoms with Gasteiger partial charge in [0.1, 0.15) is 0 Å². The molecule has 0 aliphatic carbocycles. The molecular formula is C11H23NO2S2. The zero-order valence-corrected chi connectivity index (χ0v) is 12.1. The highest BCUT2D eigenvalue weighted by Crippen LogP contribution is 2.36. The fourth-order valence-corrected chi connectivity index (χ4v) is 4.29. The molecule has 0 amide bonds. The number of hydrogen-bond acceptors (Lipinski definition) is 4. The van der Waals surface area contributed by atoms with Crippen molar-refractivity contribution in [3.05, 3.63) is 0 Å². The van der Waals surface area contributed by atoms with Crippen molar-refractivity contribution in [2.45, 2.75) is 44.4 Å². The number of sulfone groups is 1. The largest absolute Gasteiger partial charge is 0.312 e. The third kappa shape index (κ3) is 4.63. The second-order valence-corrected chi connectivity index (χ2v) is 8.96. The molecule has 0 spiro atoms. The van der Waals surface area contributed by atoms with E-state index < -0.39 is 9.84 Å². The van der Waals surface area contributed by atoms with E-state index in [1.807, 2.05) is 18.7 Å². The SMILES string of the molecule is CCS(=O)(=O)CC(C)NCC1(C)CCCS1. The Kier molecular flexibility index (Phi) is 5.13. The van der Waals surface area contributed by atoms with Crippen LogP contribution >= 0.6 is 11.8 Å². The van der Waals surface area contributed by atoms with Crippen molar-refractivity contribution in [2.75, 3.05) is 23.8 Å². The van der Waals surface area contributed by atoms with Gasteiger partial charge in [-0.1, -0.05) is 6.92 Å². The second kappa shape index (κ2) is 5.74. The van der Waals surface area contributed by atoms with Gasteiger partial charge in [-0.2, -0.15) is 11.8 Å². The van der Waals surface area contributed by atoms with Gasteiger partial charge < -0.3 is 5.32 Å². The molecule has 2 atom stereocenters. The summed E-state index contributed by atoms with van der Waals surface area (Å²) >= 11 is 2.00. The van der Waals surface area contributed by atoms with E-state index in [4.69, 9.17) is 0 Å². The predicted octanol–water partition coefficient (Wildman–Crippen LogP) is 1.68. The first-order valence-corrected chi connectivity index (χ1v) is 8.75. The van der Waals surface area contributed by atoms with Crippen LogP contribution in [-0.4, -0.2) is 43.0 Å². The number of hydrogen-bond donors (Lipinski definition) is 1. The van der Waals surface area contributed by atoms with Gasteiger partial charge in [-0.25, -0.2) is 8.42 Å². The van der Waals surface area contributed by atoms with E-state index in [9.17, 15) is 8.42 Å². The molecule has 1 fully saturated rings. The summed E-state index contributed by atoms with van der Waals surface area (Å²) in [5.74, 6) is 1.73. The van der Waals surface area contributed by atoms with Gasteiger partial charge in [-0.3, -0.25) is 0 Å². The highest BCUT2D eigenvalue weighted by molar-refractivity contribution is 8.00. The maximum atomic E-state index is 11.4. The van der Waals surface area contributed by atoms with Crippen molar-refractivity contribution in [2.24, 2.45) is 0 Å². The molecule has 0 saturated carbocycles. The fraction of sp³-hybridized carbons (Fsp3) is 1.00. The molecule has 1 rings (SSSR count). The van der Waals surface area contributed by atoms with Crippen LogP contribution < -0.4 is 5.32 Å². The minimum atomic E-state index is -2.85. The van der Waals surface area contributed by atoms with Crippen LogP contribution in [0.5, 0.6) is 0 Å². The molecule has 1 N–H and O–H groups in total. The molecule has 0 aromatic carbocycles. The van der Waals surface area contributed by atoms with E-state index >= 15 is 0 Å². The summed E-state index contributed by atoms with van der Waals surface area (Å²) in [6, 6.07) is 0.0583. The summed E-state index contributed by atoms with van der Waals surface area (Å²) in [6.07, 6.45) is 2.52. The standard InChI is InChI=1S/C11H23NO2S2/c1-4-16(13,14)8-10(2)12-9-11(3)6-5-7-15-11/h10,12H,4-9H2,1-3H3. The maximum Gasteiger partial charge on any atom is 0.151 e. The summed E-state index contributed by atoms with van der Waals surface area (Å²) in [6.45, 7) is 6.84. The molecule has 1 aliphatic heterocycles. The van der Waals surface area contributed by atoms with Crippen molar-refractivity contribution in [3.8, 4) is 0 Å². The average molecular weight is 265 g/mol. The van der Waals surface area contributed by atoms with Gasteiger partial charge >= 0.3 is 0 Å². The molecule has 2 unspecified atom stereocenters. The number of nitrogens with one attached hydrogen (secondary N) is 1. The minimum absolute atomic E-state index is 0.0583. The summed E-state index contributed by atoms with van der Waals surface area (Å²) in [7, 11) is -2.85. The summed E-state index contributed by atoms with van der Waals surface area (Å²) in [4.78, 5) is 0. The molecule has 16 heavy (non-hydrogen) atoms. The molecule has 0 bridgehead atoms. The summed E-state index contributed by atoms with van der Waals surface area (Å²) < 4.78 is 23.2. The van der Waals surface area contributed by atoms with E-state index in [0.717, 1.165) is 6.54 Å². The molecule has 0 aromatic heterocycles. The first-order valence-electron chi connectivity index (χ1n) is 5.95. The fourth-order valence-electron chi connectivity index (χ4n) is 1.92. The predicted molar refractivity (Wildman–Crippen MR) is 71.9 cm³/mol. The highest BCUT2D eigenvalue weighted by atomic mass is 32.2. The highest BCUT2D eigenvalue weighted by Gasteiger charge is 2.29. The van der Waals surface area contributed by atoms with Crippen LogP contribution in [0.15, 0.2) is 0 Å². The van der Waals surface area contributed by atoms with Crippen LogP contribution in [0.3, 0.4) is 0 Å². The Morgan fingerprint density at radius 2 is 2.19 bits per heavy atom. The Labute approximate surface area is 104 Å². The van der Waals surface area contributed by atoms with Crippen LogP contribution in [0.4, 0.5) is 0 Å². The molecule has 0 aromatic rings. The molecule has 1 heterocycles. The Morgan fingerprint density at radius 1 is 1.50 bits per heavy atom. The minimum Gasteiger partial charge on any atom is -0.312 e. The third-order valence-electron chi connectivity index (χ3n) is 3.07. The number of rotatable bonds is 6. The Morgan fingerprint density at radius 3 is 2.69 bits per heavy atom. The molecule has 5 heteroatoms. The quantitative estimate of drug-likeness (QED) is 0.794. The van der Waals surface area contributed by atoms with Crippen LogP contribution in [0, 0.1) is 0 Å². The molecule has 1 saturated heterocycles. The monoisotopic (exact) mass is 265 g/mol. The van der Waals surface area contributed by atoms with Gasteiger partial charge in [-0.05, 0) is 32.4 Å². The van der Waals surface area contributed by atoms with Crippen molar-refractivity contribution < 1.29 is 8.42 Å². The van der Waals surface area contributed by atoms with E-state index in [-0.39, 0.29) is 17.5 Å². The van der Waals surface area contributed by atoms with E-state index in [2.05, 4.69) is 12.2 Å². The van der Waals surface area contributed by atoms with Gasteiger partial charge in [0.25, 0.3) is 0 Å². The normalized spacial score (nSPS) is 28.2. The van der Waals surface area contributed by atoms with Gasteiger partial charge in [0.15, 0.2) is 9.84 Å². The lowest BCUT2D eigenvalue weighted by Gasteiger charge is -2.25. The van der Waals surface area contributed by atoms with Crippen molar-refractivity contribution in [1.82, 2.24) is 5.32 Å². The van der Waals surface area contributed by atoms with Crippen molar-refractivity contribution in [3.63, 3.8) is 0 Å². The van der Waals surface area contributed by atoms with Crippen molar-refractivity contribution in [1.29, 1.82) is 0 Å². The van der Waals surface area contributed by atoms with Gasteiger partial charge in [-0.15, -0.1) is 0 Å². The first kappa shape index (κ1) is 14.3. The average Bonchev–Trinajstić information content (AvgIpc) is 2.63. The molecule has 3 nitrogen and oxygen atoms in total. The second-order valence-electron chi connectivity index (χ2n) is 4.88. The Bertz CT molecular complexity index is 308. The lowest BCUT2D eigenvalue weighted by Crippen LogP contribution is -2.41. The van der Waals surface area contributed by atoms with Crippen LogP contribution in [0.25, 0.3) is 0 Å². The summed E-state index contributed by atoms with van der Waals surface area (Å²) in [5.41, 5.74) is 0. The first-order chi connectivity index (χ1) is 7.37. The third-order valence-corrected chi connectivity index (χ3v) is 6.49. The zero-order valence-electron chi connectivity index (χ0n) is 10.5. The molecular weight excluding hydrogens is 242 g/mol. The van der Waals surface area contributed by atoms with Crippen LogP contribution in [0.1, 0.15) is 33.6 Å². The lowest BCUT2D eigenvalue weighted by atomic mass is 10.1. The lowest BCUT2D eigenvalue weighted by molar-refractivity contribution is 0.494. The maximum absolute atomic E-state index is 11.4. The van der Waals surface area contributed by atoms with Gasteiger partial charge in [0, 0.05) is 23.1 Å². The van der Waals surface area contributed by atoms with Gasteiger partial charge in [0.05, 0.1) is 5.75 Å². The number of thioether (sulfide) groups is 1. The molecule has 96 valence electrons.